The maximum absolute atomic E-state index is 13.6. The Kier molecular flexibility index (Phi) is 9.25. The van der Waals surface area contributed by atoms with Gasteiger partial charge in [-0.1, -0.05) is 25.1 Å². The van der Waals surface area contributed by atoms with Crippen molar-refractivity contribution in [3.8, 4) is 11.5 Å². The molecular formula is C27H31FN2O4S. The molecule has 2 amide bonds. The Balaban J connectivity index is 1.87. The minimum atomic E-state index is -0.327. The molecule has 1 unspecified atom stereocenters. The zero-order chi connectivity index (χ0) is 25.4. The first kappa shape index (κ1) is 26.2. The number of amides is 2. The summed E-state index contributed by atoms with van der Waals surface area (Å²) in [5.74, 6) is 0.207. The highest BCUT2D eigenvalue weighted by Gasteiger charge is 2.27. The second kappa shape index (κ2) is 12.4. The van der Waals surface area contributed by atoms with Crippen LogP contribution in [0.2, 0.25) is 0 Å². The summed E-state index contributed by atoms with van der Waals surface area (Å²) in [5.41, 5.74) is 1.20. The first-order valence-corrected chi connectivity index (χ1v) is 12.3. The van der Waals surface area contributed by atoms with Crippen molar-refractivity contribution in [2.75, 3.05) is 20.8 Å². The van der Waals surface area contributed by atoms with Gasteiger partial charge in [0, 0.05) is 29.1 Å². The zero-order valence-corrected chi connectivity index (χ0v) is 21.3. The van der Waals surface area contributed by atoms with E-state index in [9.17, 15) is 14.0 Å². The highest BCUT2D eigenvalue weighted by Crippen LogP contribution is 2.25. The predicted octanol–water partition coefficient (Wildman–Crippen LogP) is 5.37. The Bertz CT molecular complexity index is 1100. The van der Waals surface area contributed by atoms with Gasteiger partial charge < -0.3 is 19.3 Å². The van der Waals surface area contributed by atoms with Gasteiger partial charge in [0.15, 0.2) is 0 Å². The third-order valence-electron chi connectivity index (χ3n) is 5.85. The second-order valence-electron chi connectivity index (χ2n) is 8.25. The molecule has 0 N–H and O–H groups in total. The number of nitrogens with zero attached hydrogens (tertiary/aromatic N) is 2. The molecule has 3 aromatic rings. The molecule has 0 saturated heterocycles. The third-order valence-corrected chi connectivity index (χ3v) is 6.72. The van der Waals surface area contributed by atoms with Gasteiger partial charge in [-0.05, 0) is 54.6 Å². The van der Waals surface area contributed by atoms with Gasteiger partial charge in [0.1, 0.15) is 23.9 Å². The lowest BCUT2D eigenvalue weighted by Gasteiger charge is -2.31. The number of rotatable bonds is 11. The fourth-order valence-corrected chi connectivity index (χ4v) is 4.34. The van der Waals surface area contributed by atoms with E-state index in [-0.39, 0.29) is 30.2 Å². The molecule has 0 aliphatic rings. The van der Waals surface area contributed by atoms with Gasteiger partial charge in [-0.2, -0.15) is 0 Å². The van der Waals surface area contributed by atoms with Crippen LogP contribution in [0.5, 0.6) is 11.5 Å². The van der Waals surface area contributed by atoms with Gasteiger partial charge in [0.25, 0.3) is 5.91 Å². The predicted molar refractivity (Wildman–Crippen MR) is 135 cm³/mol. The molecule has 1 atom stereocenters. The van der Waals surface area contributed by atoms with Crippen molar-refractivity contribution in [2.24, 2.45) is 0 Å². The molecular weight excluding hydrogens is 467 g/mol. The molecule has 6 nitrogen and oxygen atoms in total. The van der Waals surface area contributed by atoms with Crippen LogP contribution in [-0.4, -0.2) is 48.4 Å². The van der Waals surface area contributed by atoms with Crippen molar-refractivity contribution in [2.45, 2.75) is 39.4 Å². The van der Waals surface area contributed by atoms with Crippen LogP contribution < -0.4 is 9.47 Å². The van der Waals surface area contributed by atoms with Gasteiger partial charge in [-0.25, -0.2) is 4.39 Å². The summed E-state index contributed by atoms with van der Waals surface area (Å²) in [6.07, 6.45) is 0.684. The minimum Gasteiger partial charge on any atom is -0.497 e. The van der Waals surface area contributed by atoms with Gasteiger partial charge in [-0.15, -0.1) is 11.3 Å². The number of hydrogen-bond donors (Lipinski definition) is 0. The van der Waals surface area contributed by atoms with Crippen LogP contribution in [0.1, 0.15) is 41.1 Å². The normalized spacial score (nSPS) is 11.6. The zero-order valence-electron chi connectivity index (χ0n) is 20.5. The van der Waals surface area contributed by atoms with E-state index >= 15 is 0 Å². The van der Waals surface area contributed by atoms with E-state index in [1.54, 1.807) is 51.5 Å². The number of ether oxygens (including phenoxy) is 2. The van der Waals surface area contributed by atoms with Gasteiger partial charge in [0.2, 0.25) is 5.91 Å². The lowest BCUT2D eigenvalue weighted by molar-refractivity contribution is -0.133. The molecule has 0 radical (unpaired) electrons. The Morgan fingerprint density at radius 1 is 1.00 bits per heavy atom. The van der Waals surface area contributed by atoms with Crippen LogP contribution >= 0.6 is 11.3 Å². The monoisotopic (exact) mass is 498 g/mol. The average molecular weight is 499 g/mol. The highest BCUT2D eigenvalue weighted by atomic mass is 32.1. The number of carbonyl (C=O) groups excluding carboxylic acids is 2. The molecule has 0 bridgehead atoms. The molecule has 8 heteroatoms. The fourth-order valence-electron chi connectivity index (χ4n) is 3.62. The summed E-state index contributed by atoms with van der Waals surface area (Å²) in [6, 6.07) is 14.8. The molecule has 0 saturated carbocycles. The number of methoxy groups -OCH3 is 2. The van der Waals surface area contributed by atoms with E-state index in [0.717, 1.165) is 10.4 Å². The molecule has 3 rings (SSSR count). The quantitative estimate of drug-likeness (QED) is 0.356. The Morgan fingerprint density at radius 3 is 2.20 bits per heavy atom. The number of carbonyl (C=O) groups is 2. The maximum Gasteiger partial charge on any atom is 0.254 e. The van der Waals surface area contributed by atoms with Crippen molar-refractivity contribution in [1.29, 1.82) is 0 Å². The SMILES string of the molecule is CCC(C)N(CC(=O)N(Cc1ccc(F)cc1)Cc1cccs1)C(=O)c1cc(OC)cc(OC)c1. The van der Waals surface area contributed by atoms with E-state index < -0.39 is 0 Å². The van der Waals surface area contributed by atoms with Crippen LogP contribution in [-0.2, 0) is 17.9 Å². The molecule has 1 heterocycles. The van der Waals surface area contributed by atoms with Crippen molar-refractivity contribution in [1.82, 2.24) is 9.80 Å². The molecule has 0 aliphatic heterocycles. The van der Waals surface area contributed by atoms with Crippen LogP contribution in [0.15, 0.2) is 60.0 Å². The van der Waals surface area contributed by atoms with E-state index in [2.05, 4.69) is 0 Å². The van der Waals surface area contributed by atoms with Crippen molar-refractivity contribution < 1.29 is 23.5 Å². The molecule has 0 fully saturated rings. The number of thiophene rings is 1. The summed E-state index contributed by atoms with van der Waals surface area (Å²) in [4.78, 5) is 31.4. The van der Waals surface area contributed by atoms with E-state index in [0.29, 0.717) is 36.6 Å². The van der Waals surface area contributed by atoms with Crippen molar-refractivity contribution >= 4 is 23.2 Å². The van der Waals surface area contributed by atoms with Gasteiger partial charge in [-0.3, -0.25) is 9.59 Å². The average Bonchev–Trinajstić information content (AvgIpc) is 3.40. The smallest absolute Gasteiger partial charge is 0.254 e. The van der Waals surface area contributed by atoms with E-state index in [1.165, 1.54) is 26.4 Å². The van der Waals surface area contributed by atoms with Gasteiger partial charge in [0.05, 0.1) is 20.8 Å². The summed E-state index contributed by atoms with van der Waals surface area (Å²) >= 11 is 1.56. The topological polar surface area (TPSA) is 59.1 Å². The molecule has 2 aromatic carbocycles. The van der Waals surface area contributed by atoms with Crippen molar-refractivity contribution in [3.05, 3.63) is 81.8 Å². The number of benzene rings is 2. The second-order valence-corrected chi connectivity index (χ2v) is 9.28. The van der Waals surface area contributed by atoms with Crippen molar-refractivity contribution in [3.63, 3.8) is 0 Å². The Morgan fingerprint density at radius 2 is 1.66 bits per heavy atom. The number of hydrogen-bond acceptors (Lipinski definition) is 5. The highest BCUT2D eigenvalue weighted by molar-refractivity contribution is 7.09. The fraction of sp³-hybridized carbons (Fsp3) is 0.333. The minimum absolute atomic E-state index is 0.0834. The van der Waals surface area contributed by atoms with Crippen LogP contribution in [0.3, 0.4) is 0 Å². The molecule has 0 spiro atoms. The van der Waals surface area contributed by atoms with E-state index in [4.69, 9.17) is 9.47 Å². The lowest BCUT2D eigenvalue weighted by Crippen LogP contribution is -2.46. The first-order chi connectivity index (χ1) is 16.8. The molecule has 35 heavy (non-hydrogen) atoms. The maximum atomic E-state index is 13.6. The summed E-state index contributed by atoms with van der Waals surface area (Å²) in [5, 5.41) is 1.96. The third kappa shape index (κ3) is 7.05. The number of halogens is 1. The largest absolute Gasteiger partial charge is 0.497 e. The van der Waals surface area contributed by atoms with Crippen LogP contribution in [0, 0.1) is 5.82 Å². The van der Waals surface area contributed by atoms with E-state index in [1.807, 2.05) is 31.4 Å². The molecule has 0 aliphatic carbocycles. The summed E-state index contributed by atoms with van der Waals surface area (Å²) in [6.45, 7) is 4.53. The van der Waals surface area contributed by atoms with Crippen LogP contribution in [0.25, 0.3) is 0 Å². The van der Waals surface area contributed by atoms with Gasteiger partial charge >= 0.3 is 0 Å². The molecule has 1 aromatic heterocycles. The molecule has 186 valence electrons. The first-order valence-electron chi connectivity index (χ1n) is 11.4. The van der Waals surface area contributed by atoms with Crippen LogP contribution in [0.4, 0.5) is 4.39 Å². The lowest BCUT2D eigenvalue weighted by atomic mass is 10.1. The standard InChI is InChI=1S/C27H31FN2O4S/c1-5-19(2)30(27(32)21-13-23(33-3)15-24(14-21)34-4)18-26(31)29(17-25-7-6-12-35-25)16-20-8-10-22(28)11-9-20/h6-15,19H,5,16-18H2,1-4H3. The Hall–Kier alpha value is -3.39. The summed E-state index contributed by atoms with van der Waals surface area (Å²) in [7, 11) is 3.05. The summed E-state index contributed by atoms with van der Waals surface area (Å²) < 4.78 is 24.0. The Labute approximate surface area is 209 Å².